The number of pyridine rings is 2. The zero-order chi connectivity index (χ0) is 9.38. The summed E-state index contributed by atoms with van der Waals surface area (Å²) in [5.74, 6) is 0. The summed E-state index contributed by atoms with van der Waals surface area (Å²) in [6, 6.07) is 12.1. The SMILES string of the molecule is O.c1cnc2cc3cccnc3cc2c1. The van der Waals surface area contributed by atoms with E-state index in [4.69, 9.17) is 0 Å². The predicted molar refractivity (Wildman–Crippen MR) is 60.7 cm³/mol. The molecule has 0 radical (unpaired) electrons. The van der Waals surface area contributed by atoms with Crippen molar-refractivity contribution in [2.75, 3.05) is 0 Å². The van der Waals surface area contributed by atoms with Crippen LogP contribution in [0.2, 0.25) is 0 Å². The molecule has 0 aliphatic rings. The molecule has 0 aliphatic heterocycles. The summed E-state index contributed by atoms with van der Waals surface area (Å²) in [4.78, 5) is 8.61. The van der Waals surface area contributed by atoms with E-state index >= 15 is 0 Å². The van der Waals surface area contributed by atoms with Gasteiger partial charge in [0, 0.05) is 23.2 Å². The van der Waals surface area contributed by atoms with E-state index in [9.17, 15) is 0 Å². The second-order valence-electron chi connectivity index (χ2n) is 3.24. The van der Waals surface area contributed by atoms with Gasteiger partial charge in [-0.15, -0.1) is 0 Å². The van der Waals surface area contributed by atoms with Gasteiger partial charge in [-0.1, -0.05) is 12.1 Å². The van der Waals surface area contributed by atoms with E-state index in [-0.39, 0.29) is 5.48 Å². The molecule has 74 valence electrons. The van der Waals surface area contributed by atoms with Crippen molar-refractivity contribution in [3.8, 4) is 0 Å². The van der Waals surface area contributed by atoms with Crippen LogP contribution in [0.1, 0.15) is 0 Å². The Labute approximate surface area is 86.7 Å². The largest absolute Gasteiger partial charge is 0.412 e. The van der Waals surface area contributed by atoms with E-state index in [0.29, 0.717) is 0 Å². The zero-order valence-corrected chi connectivity index (χ0v) is 8.01. The molecule has 0 saturated heterocycles. The van der Waals surface area contributed by atoms with Gasteiger partial charge in [-0.25, -0.2) is 0 Å². The lowest BCUT2D eigenvalue weighted by atomic mass is 10.1. The average Bonchev–Trinajstić information content (AvgIpc) is 2.26. The highest BCUT2D eigenvalue weighted by Gasteiger charge is 1.97. The molecule has 15 heavy (non-hydrogen) atoms. The maximum atomic E-state index is 4.30. The van der Waals surface area contributed by atoms with Crippen molar-refractivity contribution in [2.24, 2.45) is 0 Å². The van der Waals surface area contributed by atoms with Crippen molar-refractivity contribution in [2.45, 2.75) is 0 Å². The first kappa shape index (κ1) is 9.55. The summed E-state index contributed by atoms with van der Waals surface area (Å²) in [6.45, 7) is 0. The Kier molecular flexibility index (Phi) is 2.31. The monoisotopic (exact) mass is 198 g/mol. The van der Waals surface area contributed by atoms with Gasteiger partial charge in [0.2, 0.25) is 0 Å². The molecule has 3 aromatic rings. The molecular formula is C12H10N2O. The molecule has 3 nitrogen and oxygen atoms in total. The van der Waals surface area contributed by atoms with Gasteiger partial charge in [-0.05, 0) is 24.3 Å². The second kappa shape index (κ2) is 3.63. The van der Waals surface area contributed by atoms with Crippen LogP contribution in [0, 0.1) is 0 Å². The van der Waals surface area contributed by atoms with Crippen LogP contribution in [0.15, 0.2) is 48.8 Å². The van der Waals surface area contributed by atoms with Crippen LogP contribution in [0.25, 0.3) is 21.8 Å². The van der Waals surface area contributed by atoms with Gasteiger partial charge in [0.25, 0.3) is 0 Å². The Morgan fingerprint density at radius 1 is 0.733 bits per heavy atom. The lowest BCUT2D eigenvalue weighted by Gasteiger charge is -1.99. The maximum Gasteiger partial charge on any atom is 0.0709 e. The first-order valence-electron chi connectivity index (χ1n) is 4.53. The van der Waals surface area contributed by atoms with Crippen LogP contribution in [0.4, 0.5) is 0 Å². The number of fused-ring (bicyclic) bond motifs is 2. The highest BCUT2D eigenvalue weighted by Crippen LogP contribution is 2.18. The van der Waals surface area contributed by atoms with Crippen molar-refractivity contribution in [1.29, 1.82) is 0 Å². The molecule has 0 saturated carbocycles. The normalized spacial score (nSPS) is 10.1. The minimum Gasteiger partial charge on any atom is -0.412 e. The highest BCUT2D eigenvalue weighted by atomic mass is 16.0. The van der Waals surface area contributed by atoms with E-state index in [2.05, 4.69) is 34.2 Å². The van der Waals surface area contributed by atoms with Crippen molar-refractivity contribution in [3.63, 3.8) is 0 Å². The smallest absolute Gasteiger partial charge is 0.0709 e. The van der Waals surface area contributed by atoms with E-state index in [0.717, 1.165) is 21.8 Å². The maximum absolute atomic E-state index is 4.30. The molecule has 0 aliphatic carbocycles. The van der Waals surface area contributed by atoms with Crippen LogP contribution < -0.4 is 0 Å². The van der Waals surface area contributed by atoms with Crippen molar-refractivity contribution in [1.82, 2.24) is 9.97 Å². The van der Waals surface area contributed by atoms with Crippen LogP contribution >= 0.6 is 0 Å². The summed E-state index contributed by atoms with van der Waals surface area (Å²) in [5, 5.41) is 2.28. The van der Waals surface area contributed by atoms with Crippen LogP contribution in [0.5, 0.6) is 0 Å². The van der Waals surface area contributed by atoms with Crippen molar-refractivity contribution in [3.05, 3.63) is 48.8 Å². The molecule has 2 N–H and O–H groups in total. The lowest BCUT2D eigenvalue weighted by Crippen LogP contribution is -1.81. The number of nitrogens with zero attached hydrogens (tertiary/aromatic N) is 2. The number of aromatic nitrogens is 2. The Morgan fingerprint density at radius 2 is 1.20 bits per heavy atom. The Balaban J connectivity index is 0.000000853. The Hall–Kier alpha value is -2.00. The van der Waals surface area contributed by atoms with Gasteiger partial charge in [-0.2, -0.15) is 0 Å². The fourth-order valence-corrected chi connectivity index (χ4v) is 1.64. The molecule has 0 bridgehead atoms. The molecule has 2 aromatic heterocycles. The standard InChI is InChI=1S/C12H8N2.H2O/c1-3-9-7-12-10(4-2-6-14-12)8-11(9)13-5-1;/h1-8H;1H2. The van der Waals surface area contributed by atoms with Gasteiger partial charge in [0.05, 0.1) is 11.0 Å². The van der Waals surface area contributed by atoms with Crippen LogP contribution in [0.3, 0.4) is 0 Å². The highest BCUT2D eigenvalue weighted by molar-refractivity contribution is 5.94. The molecule has 3 heteroatoms. The van der Waals surface area contributed by atoms with Gasteiger partial charge in [0.15, 0.2) is 0 Å². The van der Waals surface area contributed by atoms with E-state index < -0.39 is 0 Å². The van der Waals surface area contributed by atoms with Crippen molar-refractivity contribution < 1.29 is 5.48 Å². The van der Waals surface area contributed by atoms with E-state index in [1.807, 2.05) is 24.5 Å². The third-order valence-electron chi connectivity index (χ3n) is 2.33. The molecule has 0 fully saturated rings. The zero-order valence-electron chi connectivity index (χ0n) is 8.01. The van der Waals surface area contributed by atoms with Gasteiger partial charge in [-0.3, -0.25) is 9.97 Å². The minimum atomic E-state index is 0. The van der Waals surface area contributed by atoms with Crippen LogP contribution in [-0.2, 0) is 0 Å². The van der Waals surface area contributed by atoms with Gasteiger partial charge >= 0.3 is 0 Å². The van der Waals surface area contributed by atoms with E-state index in [1.165, 1.54) is 0 Å². The first-order valence-corrected chi connectivity index (χ1v) is 4.53. The minimum absolute atomic E-state index is 0. The Bertz CT molecular complexity index is 502. The average molecular weight is 198 g/mol. The fraction of sp³-hybridized carbons (Fsp3) is 0. The summed E-state index contributed by atoms with van der Waals surface area (Å²) in [6.07, 6.45) is 3.62. The quantitative estimate of drug-likeness (QED) is 0.518. The molecule has 1 aromatic carbocycles. The molecule has 3 rings (SSSR count). The number of rotatable bonds is 0. The summed E-state index contributed by atoms with van der Waals surface area (Å²) >= 11 is 0. The third kappa shape index (κ3) is 1.53. The summed E-state index contributed by atoms with van der Waals surface area (Å²) < 4.78 is 0. The molecule has 0 spiro atoms. The number of hydrogen-bond donors (Lipinski definition) is 0. The molecule has 0 unspecified atom stereocenters. The third-order valence-corrected chi connectivity index (χ3v) is 2.33. The molecule has 2 heterocycles. The first-order chi connectivity index (χ1) is 6.93. The lowest BCUT2D eigenvalue weighted by molar-refractivity contribution is 0.824. The van der Waals surface area contributed by atoms with Crippen LogP contribution in [-0.4, -0.2) is 15.4 Å². The van der Waals surface area contributed by atoms with Crippen molar-refractivity contribution >= 4 is 21.8 Å². The Morgan fingerprint density at radius 3 is 1.67 bits per heavy atom. The molecule has 0 atom stereocenters. The van der Waals surface area contributed by atoms with Gasteiger partial charge in [0.1, 0.15) is 0 Å². The summed E-state index contributed by atoms with van der Waals surface area (Å²) in [7, 11) is 0. The molecule has 0 amide bonds. The van der Waals surface area contributed by atoms with E-state index in [1.54, 1.807) is 0 Å². The fourth-order valence-electron chi connectivity index (χ4n) is 1.64. The predicted octanol–water partition coefficient (Wildman–Crippen LogP) is 1.96. The number of hydrogen-bond acceptors (Lipinski definition) is 2. The summed E-state index contributed by atoms with van der Waals surface area (Å²) in [5.41, 5.74) is 2.04. The molecular weight excluding hydrogens is 188 g/mol. The topological polar surface area (TPSA) is 57.3 Å². The van der Waals surface area contributed by atoms with Gasteiger partial charge < -0.3 is 5.48 Å². The number of benzene rings is 1. The second-order valence-corrected chi connectivity index (χ2v) is 3.24.